The molecule has 0 aliphatic heterocycles. The molecule has 0 radical (unpaired) electrons. The molecule has 2 heterocycles. The SMILES string of the molecule is COc1ccc(NC(=O)C(C)Sc2nc3c(cnn3-c3ccccc3)c(=O)[nH]2)cc1. The zero-order valence-electron chi connectivity index (χ0n) is 16.3. The fourth-order valence-corrected chi connectivity index (χ4v) is 3.64. The topological polar surface area (TPSA) is 102 Å². The van der Waals surface area contributed by atoms with Crippen LogP contribution in [0.25, 0.3) is 16.7 Å². The maximum atomic E-state index is 12.6. The average molecular weight is 421 g/mol. The van der Waals surface area contributed by atoms with Crippen LogP contribution in [0, 0.1) is 0 Å². The van der Waals surface area contributed by atoms with E-state index in [2.05, 4.69) is 20.4 Å². The number of carbonyl (C=O) groups is 1. The van der Waals surface area contributed by atoms with Crippen molar-refractivity contribution in [3.63, 3.8) is 0 Å². The maximum Gasteiger partial charge on any atom is 0.262 e. The molecule has 9 heteroatoms. The fourth-order valence-electron chi connectivity index (χ4n) is 2.85. The minimum absolute atomic E-state index is 0.204. The molecule has 2 aromatic carbocycles. The number of fused-ring (bicyclic) bond motifs is 1. The Balaban J connectivity index is 1.55. The Morgan fingerprint density at radius 1 is 1.17 bits per heavy atom. The molecule has 1 amide bonds. The Morgan fingerprint density at radius 3 is 2.60 bits per heavy atom. The van der Waals surface area contributed by atoms with Crippen LogP contribution in [0.5, 0.6) is 5.75 Å². The lowest BCUT2D eigenvalue weighted by atomic mass is 10.3. The van der Waals surface area contributed by atoms with Gasteiger partial charge in [-0.15, -0.1) is 0 Å². The number of H-pyrrole nitrogens is 1. The number of hydrogen-bond donors (Lipinski definition) is 2. The number of benzene rings is 2. The smallest absolute Gasteiger partial charge is 0.262 e. The molecular weight excluding hydrogens is 402 g/mol. The Bertz CT molecular complexity index is 1240. The first-order valence-corrected chi connectivity index (χ1v) is 10.1. The third-order valence-electron chi connectivity index (χ3n) is 4.43. The van der Waals surface area contributed by atoms with Crippen molar-refractivity contribution < 1.29 is 9.53 Å². The minimum atomic E-state index is -0.485. The van der Waals surface area contributed by atoms with Crippen molar-refractivity contribution in [2.24, 2.45) is 0 Å². The summed E-state index contributed by atoms with van der Waals surface area (Å²) < 4.78 is 6.72. The summed E-state index contributed by atoms with van der Waals surface area (Å²) in [5, 5.41) is 7.38. The van der Waals surface area contributed by atoms with E-state index in [0.717, 1.165) is 5.69 Å². The van der Waals surface area contributed by atoms with Crippen LogP contribution < -0.4 is 15.6 Å². The number of ether oxygens (including phenoxy) is 1. The normalized spacial score (nSPS) is 11.9. The van der Waals surface area contributed by atoms with Crippen LogP contribution in [-0.4, -0.2) is 38.0 Å². The molecule has 0 spiro atoms. The molecule has 4 rings (SSSR count). The Hall–Kier alpha value is -3.59. The first-order valence-electron chi connectivity index (χ1n) is 9.20. The van der Waals surface area contributed by atoms with E-state index in [9.17, 15) is 9.59 Å². The number of methoxy groups -OCH3 is 1. The molecular formula is C21H19N5O3S. The van der Waals surface area contributed by atoms with Gasteiger partial charge in [0.05, 0.1) is 24.2 Å². The van der Waals surface area contributed by atoms with Gasteiger partial charge in [-0.1, -0.05) is 30.0 Å². The Kier molecular flexibility index (Phi) is 5.53. The maximum absolute atomic E-state index is 12.6. The van der Waals surface area contributed by atoms with E-state index >= 15 is 0 Å². The van der Waals surface area contributed by atoms with Gasteiger partial charge in [-0.05, 0) is 43.3 Å². The summed E-state index contributed by atoms with van der Waals surface area (Å²) in [6, 6.07) is 16.5. The molecule has 2 aromatic heterocycles. The van der Waals surface area contributed by atoms with Crippen LogP contribution in [0.15, 0.2) is 70.7 Å². The Morgan fingerprint density at radius 2 is 1.90 bits per heavy atom. The number of rotatable bonds is 6. The number of amides is 1. The molecule has 0 fully saturated rings. The standard InChI is InChI=1S/C21H19N5O3S/c1-13(19(27)23-14-8-10-16(29-2)11-9-14)30-21-24-18-17(20(28)25-21)12-22-26(18)15-6-4-3-5-7-15/h3-13H,1-2H3,(H,23,27)(H,24,25,28). The van der Waals surface area contributed by atoms with Crippen LogP contribution in [0.2, 0.25) is 0 Å². The van der Waals surface area contributed by atoms with Crippen molar-refractivity contribution in [3.05, 3.63) is 71.1 Å². The number of nitrogens with one attached hydrogen (secondary N) is 2. The van der Waals surface area contributed by atoms with Crippen LogP contribution in [0.1, 0.15) is 6.92 Å². The first kappa shape index (κ1) is 19.7. The number of aromatic amines is 1. The lowest BCUT2D eigenvalue weighted by molar-refractivity contribution is -0.115. The van der Waals surface area contributed by atoms with Crippen LogP contribution in [-0.2, 0) is 4.79 Å². The van der Waals surface area contributed by atoms with E-state index in [1.54, 1.807) is 43.0 Å². The van der Waals surface area contributed by atoms with E-state index in [1.165, 1.54) is 18.0 Å². The van der Waals surface area contributed by atoms with Crippen LogP contribution in [0.4, 0.5) is 5.69 Å². The van der Waals surface area contributed by atoms with Crippen molar-refractivity contribution >= 4 is 34.4 Å². The van der Waals surface area contributed by atoms with Gasteiger partial charge >= 0.3 is 0 Å². The summed E-state index contributed by atoms with van der Waals surface area (Å²) >= 11 is 1.17. The summed E-state index contributed by atoms with van der Waals surface area (Å²) in [4.78, 5) is 32.3. The molecule has 152 valence electrons. The van der Waals surface area contributed by atoms with E-state index in [0.29, 0.717) is 27.6 Å². The second-order valence-electron chi connectivity index (χ2n) is 6.48. The van der Waals surface area contributed by atoms with Crippen molar-refractivity contribution in [1.29, 1.82) is 0 Å². The highest BCUT2D eigenvalue weighted by Gasteiger charge is 2.18. The van der Waals surface area contributed by atoms with Gasteiger partial charge in [-0.2, -0.15) is 5.10 Å². The summed E-state index contributed by atoms with van der Waals surface area (Å²) in [6.45, 7) is 1.75. The van der Waals surface area contributed by atoms with Gasteiger partial charge in [-0.3, -0.25) is 9.59 Å². The predicted molar refractivity (Wildman–Crippen MR) is 116 cm³/mol. The highest BCUT2D eigenvalue weighted by Crippen LogP contribution is 2.23. The second-order valence-corrected chi connectivity index (χ2v) is 7.81. The van der Waals surface area contributed by atoms with Gasteiger partial charge in [-0.25, -0.2) is 9.67 Å². The largest absolute Gasteiger partial charge is 0.497 e. The molecule has 2 N–H and O–H groups in total. The summed E-state index contributed by atoms with van der Waals surface area (Å²) in [6.07, 6.45) is 1.49. The molecule has 1 unspecified atom stereocenters. The number of carbonyl (C=O) groups excluding carboxylic acids is 1. The highest BCUT2D eigenvalue weighted by molar-refractivity contribution is 8.00. The fraction of sp³-hybridized carbons (Fsp3) is 0.143. The number of para-hydroxylation sites is 1. The summed E-state index contributed by atoms with van der Waals surface area (Å²) in [7, 11) is 1.58. The van der Waals surface area contributed by atoms with Gasteiger partial charge in [0.2, 0.25) is 5.91 Å². The summed E-state index contributed by atoms with van der Waals surface area (Å²) in [5.74, 6) is 0.505. The molecule has 0 aliphatic rings. The minimum Gasteiger partial charge on any atom is -0.497 e. The molecule has 1 atom stereocenters. The quantitative estimate of drug-likeness (QED) is 0.366. The molecule has 0 bridgehead atoms. The molecule has 0 saturated heterocycles. The zero-order chi connectivity index (χ0) is 21.1. The Labute approximate surface area is 176 Å². The molecule has 30 heavy (non-hydrogen) atoms. The van der Waals surface area contributed by atoms with Crippen LogP contribution >= 0.6 is 11.8 Å². The number of hydrogen-bond acceptors (Lipinski definition) is 6. The molecule has 0 saturated carbocycles. The van der Waals surface area contributed by atoms with Gasteiger partial charge in [0.15, 0.2) is 10.8 Å². The van der Waals surface area contributed by atoms with Crippen molar-refractivity contribution in [2.45, 2.75) is 17.3 Å². The summed E-state index contributed by atoms with van der Waals surface area (Å²) in [5.41, 5.74) is 1.60. The highest BCUT2D eigenvalue weighted by atomic mass is 32.2. The van der Waals surface area contributed by atoms with Crippen molar-refractivity contribution in [3.8, 4) is 11.4 Å². The number of aromatic nitrogens is 4. The number of thioether (sulfide) groups is 1. The van der Waals surface area contributed by atoms with E-state index in [1.807, 2.05) is 30.3 Å². The monoisotopic (exact) mass is 421 g/mol. The first-order chi connectivity index (χ1) is 14.5. The second kappa shape index (κ2) is 8.42. The molecule has 0 aliphatic carbocycles. The van der Waals surface area contributed by atoms with Gasteiger partial charge in [0.25, 0.3) is 5.56 Å². The van der Waals surface area contributed by atoms with Crippen molar-refractivity contribution in [1.82, 2.24) is 19.7 Å². The number of nitrogens with zero attached hydrogens (tertiary/aromatic N) is 3. The zero-order valence-corrected chi connectivity index (χ0v) is 17.1. The third-order valence-corrected chi connectivity index (χ3v) is 5.42. The lowest BCUT2D eigenvalue weighted by Gasteiger charge is -2.12. The van der Waals surface area contributed by atoms with Gasteiger partial charge in [0.1, 0.15) is 11.1 Å². The van der Waals surface area contributed by atoms with E-state index in [-0.39, 0.29) is 11.5 Å². The van der Waals surface area contributed by atoms with E-state index in [4.69, 9.17) is 4.74 Å². The van der Waals surface area contributed by atoms with Gasteiger partial charge in [0, 0.05) is 5.69 Å². The van der Waals surface area contributed by atoms with Crippen molar-refractivity contribution in [2.75, 3.05) is 12.4 Å². The van der Waals surface area contributed by atoms with E-state index < -0.39 is 5.25 Å². The third kappa shape index (κ3) is 4.06. The number of anilines is 1. The average Bonchev–Trinajstić information content (AvgIpc) is 3.19. The van der Waals surface area contributed by atoms with Gasteiger partial charge < -0.3 is 15.0 Å². The molecule has 8 nitrogen and oxygen atoms in total. The lowest BCUT2D eigenvalue weighted by Crippen LogP contribution is -2.23. The molecule has 4 aromatic rings. The van der Waals surface area contributed by atoms with Crippen LogP contribution in [0.3, 0.4) is 0 Å². The predicted octanol–water partition coefficient (Wildman–Crippen LogP) is 3.24.